The lowest BCUT2D eigenvalue weighted by atomic mass is 10.1. The minimum atomic E-state index is 0.0639. The van der Waals surface area contributed by atoms with E-state index in [1.165, 1.54) is 0 Å². The number of nitrogens with two attached hydrogens (primary N) is 1. The number of aromatic nitrogens is 1. The zero-order valence-electron chi connectivity index (χ0n) is 11.5. The molecule has 1 amide bonds. The second-order valence-electron chi connectivity index (χ2n) is 5.18. The van der Waals surface area contributed by atoms with E-state index in [2.05, 4.69) is 15.2 Å². The van der Waals surface area contributed by atoms with E-state index in [1.807, 2.05) is 31.2 Å². The van der Waals surface area contributed by atoms with Gasteiger partial charge < -0.3 is 16.0 Å². The first-order valence-electron chi connectivity index (χ1n) is 6.82. The highest BCUT2D eigenvalue weighted by molar-refractivity contribution is 5.95. The summed E-state index contributed by atoms with van der Waals surface area (Å²) in [5.74, 6) is 0.0639. The smallest absolute Gasteiger partial charge is 0.239 e. The molecule has 20 heavy (non-hydrogen) atoms. The quantitative estimate of drug-likeness (QED) is 0.769. The zero-order chi connectivity index (χ0) is 14.1. The van der Waals surface area contributed by atoms with E-state index < -0.39 is 0 Å². The van der Waals surface area contributed by atoms with Crippen molar-refractivity contribution in [3.8, 4) is 0 Å². The van der Waals surface area contributed by atoms with Crippen molar-refractivity contribution in [1.82, 2.24) is 10.3 Å². The molecule has 3 N–H and O–H groups in total. The Hall–Kier alpha value is -2.30. The molecule has 1 aromatic heterocycles. The lowest BCUT2D eigenvalue weighted by Gasteiger charge is -2.23. The van der Waals surface area contributed by atoms with Crippen molar-refractivity contribution in [3.05, 3.63) is 30.0 Å². The second kappa shape index (κ2) is 5.00. The van der Waals surface area contributed by atoms with E-state index >= 15 is 0 Å². The number of anilines is 2. The van der Waals surface area contributed by atoms with Crippen molar-refractivity contribution in [3.63, 3.8) is 0 Å². The molecule has 1 aliphatic heterocycles. The lowest BCUT2D eigenvalue weighted by Crippen LogP contribution is -2.33. The number of benzene rings is 1. The van der Waals surface area contributed by atoms with Crippen LogP contribution >= 0.6 is 0 Å². The van der Waals surface area contributed by atoms with Gasteiger partial charge in [0, 0.05) is 35.5 Å². The maximum absolute atomic E-state index is 11.8. The number of carbonyl (C=O) groups is 1. The highest BCUT2D eigenvalue weighted by Crippen LogP contribution is 2.28. The zero-order valence-corrected chi connectivity index (χ0v) is 11.5. The summed E-state index contributed by atoms with van der Waals surface area (Å²) >= 11 is 0. The predicted molar refractivity (Wildman–Crippen MR) is 80.7 cm³/mol. The summed E-state index contributed by atoms with van der Waals surface area (Å²) in [5.41, 5.74) is 9.51. The van der Waals surface area contributed by atoms with Crippen LogP contribution in [0.1, 0.15) is 12.1 Å². The van der Waals surface area contributed by atoms with Crippen molar-refractivity contribution in [1.29, 1.82) is 0 Å². The number of hydrogen-bond acceptors (Lipinski definition) is 4. The van der Waals surface area contributed by atoms with Crippen LogP contribution < -0.4 is 16.0 Å². The molecule has 104 valence electrons. The molecule has 1 aliphatic rings. The Morgan fingerprint density at radius 1 is 1.35 bits per heavy atom. The monoisotopic (exact) mass is 270 g/mol. The number of carbonyl (C=O) groups excluding carboxylic acids is 1. The number of amides is 1. The number of fused-ring (bicyclic) bond motifs is 1. The highest BCUT2D eigenvalue weighted by Gasteiger charge is 2.17. The molecule has 1 aromatic carbocycles. The average molecular weight is 270 g/mol. The van der Waals surface area contributed by atoms with Crippen LogP contribution in [0.25, 0.3) is 10.9 Å². The molecule has 0 bridgehead atoms. The third-order valence-electron chi connectivity index (χ3n) is 3.54. The van der Waals surface area contributed by atoms with Crippen LogP contribution in [0.4, 0.5) is 11.4 Å². The number of nitrogens with zero attached hydrogens (tertiary/aromatic N) is 2. The van der Waals surface area contributed by atoms with Gasteiger partial charge in [0.05, 0.1) is 12.1 Å². The SMILES string of the molecule is Cc1cc(N2CCCNC(=O)C2)c2cc(N)ccc2n1. The van der Waals surface area contributed by atoms with E-state index in [4.69, 9.17) is 5.73 Å². The maximum atomic E-state index is 11.8. The first-order valence-corrected chi connectivity index (χ1v) is 6.82. The van der Waals surface area contributed by atoms with E-state index in [-0.39, 0.29) is 5.91 Å². The Bertz CT molecular complexity index is 668. The van der Waals surface area contributed by atoms with E-state index in [0.717, 1.165) is 41.8 Å². The molecule has 0 aliphatic carbocycles. The third kappa shape index (κ3) is 2.39. The van der Waals surface area contributed by atoms with Gasteiger partial charge in [-0.05, 0) is 37.6 Å². The van der Waals surface area contributed by atoms with Crippen molar-refractivity contribution >= 4 is 28.2 Å². The average Bonchev–Trinajstić information content (AvgIpc) is 2.63. The molecule has 2 heterocycles. The normalized spacial score (nSPS) is 16.1. The van der Waals surface area contributed by atoms with Gasteiger partial charge in [-0.2, -0.15) is 0 Å². The summed E-state index contributed by atoms with van der Waals surface area (Å²) in [6.45, 7) is 3.94. The summed E-state index contributed by atoms with van der Waals surface area (Å²) in [6.07, 6.45) is 0.941. The summed E-state index contributed by atoms with van der Waals surface area (Å²) < 4.78 is 0. The van der Waals surface area contributed by atoms with Gasteiger partial charge in [-0.3, -0.25) is 9.78 Å². The third-order valence-corrected chi connectivity index (χ3v) is 3.54. The van der Waals surface area contributed by atoms with Crippen LogP contribution in [0.5, 0.6) is 0 Å². The van der Waals surface area contributed by atoms with Crippen molar-refractivity contribution < 1.29 is 4.79 Å². The van der Waals surface area contributed by atoms with Crippen molar-refractivity contribution in [2.24, 2.45) is 0 Å². The predicted octanol–water partition coefficient (Wildman–Crippen LogP) is 1.45. The number of nitrogens with one attached hydrogen (secondary N) is 1. The molecule has 0 unspecified atom stereocenters. The molecule has 5 heteroatoms. The topological polar surface area (TPSA) is 71.2 Å². The minimum Gasteiger partial charge on any atom is -0.399 e. The number of hydrogen-bond donors (Lipinski definition) is 2. The number of rotatable bonds is 1. The summed E-state index contributed by atoms with van der Waals surface area (Å²) in [6, 6.07) is 7.74. The molecule has 0 atom stereocenters. The van der Waals surface area contributed by atoms with Crippen LogP contribution in [0.3, 0.4) is 0 Å². The fraction of sp³-hybridized carbons (Fsp3) is 0.333. The molecule has 0 radical (unpaired) electrons. The molecule has 5 nitrogen and oxygen atoms in total. The molecule has 3 rings (SSSR count). The number of pyridine rings is 1. The lowest BCUT2D eigenvalue weighted by molar-refractivity contribution is -0.119. The molecular weight excluding hydrogens is 252 g/mol. The molecule has 1 fully saturated rings. The van der Waals surface area contributed by atoms with E-state index in [0.29, 0.717) is 12.2 Å². The first-order chi connectivity index (χ1) is 9.63. The van der Waals surface area contributed by atoms with Gasteiger partial charge in [-0.15, -0.1) is 0 Å². The second-order valence-corrected chi connectivity index (χ2v) is 5.18. The standard InChI is InChI=1S/C15H18N4O/c1-10-7-14(19-6-2-5-17-15(20)9-19)12-8-11(16)3-4-13(12)18-10/h3-4,7-8H,2,5-6,9,16H2,1H3,(H,17,20). The summed E-state index contributed by atoms with van der Waals surface area (Å²) in [5, 5.41) is 3.90. The first kappa shape index (κ1) is 12.7. The Kier molecular flexibility index (Phi) is 3.18. The highest BCUT2D eigenvalue weighted by atomic mass is 16.2. The molecular formula is C15H18N4O. The summed E-state index contributed by atoms with van der Waals surface area (Å²) in [4.78, 5) is 18.4. The van der Waals surface area contributed by atoms with Gasteiger partial charge in [-0.25, -0.2) is 0 Å². The Morgan fingerprint density at radius 2 is 2.20 bits per heavy atom. The van der Waals surface area contributed by atoms with Gasteiger partial charge in [0.15, 0.2) is 0 Å². The fourth-order valence-electron chi connectivity index (χ4n) is 2.63. The molecule has 2 aromatic rings. The molecule has 0 spiro atoms. The van der Waals surface area contributed by atoms with Crippen LogP contribution in [-0.2, 0) is 4.79 Å². The number of aryl methyl sites for hydroxylation is 1. The maximum Gasteiger partial charge on any atom is 0.239 e. The minimum absolute atomic E-state index is 0.0639. The van der Waals surface area contributed by atoms with Gasteiger partial charge in [0.1, 0.15) is 0 Å². The van der Waals surface area contributed by atoms with Gasteiger partial charge in [0.25, 0.3) is 0 Å². The number of nitrogen functional groups attached to an aromatic ring is 1. The van der Waals surface area contributed by atoms with Crippen molar-refractivity contribution in [2.45, 2.75) is 13.3 Å². The van der Waals surface area contributed by atoms with Crippen LogP contribution in [0.15, 0.2) is 24.3 Å². The van der Waals surface area contributed by atoms with Crippen molar-refractivity contribution in [2.75, 3.05) is 30.3 Å². The summed E-state index contributed by atoms with van der Waals surface area (Å²) in [7, 11) is 0. The molecule has 1 saturated heterocycles. The Labute approximate surface area is 117 Å². The van der Waals surface area contributed by atoms with E-state index in [1.54, 1.807) is 0 Å². The van der Waals surface area contributed by atoms with Gasteiger partial charge in [0.2, 0.25) is 5.91 Å². The van der Waals surface area contributed by atoms with Crippen LogP contribution in [-0.4, -0.2) is 30.5 Å². The Morgan fingerprint density at radius 3 is 3.05 bits per heavy atom. The Balaban J connectivity index is 2.13. The van der Waals surface area contributed by atoms with Gasteiger partial charge in [-0.1, -0.05) is 0 Å². The van der Waals surface area contributed by atoms with Crippen LogP contribution in [0, 0.1) is 6.92 Å². The molecule has 0 saturated carbocycles. The van der Waals surface area contributed by atoms with Gasteiger partial charge >= 0.3 is 0 Å². The largest absolute Gasteiger partial charge is 0.399 e. The van der Waals surface area contributed by atoms with E-state index in [9.17, 15) is 4.79 Å². The van der Waals surface area contributed by atoms with Crippen LogP contribution in [0.2, 0.25) is 0 Å². The fourth-order valence-corrected chi connectivity index (χ4v) is 2.63.